The summed E-state index contributed by atoms with van der Waals surface area (Å²) >= 11 is 0. The molecule has 2 fully saturated rings. The zero-order valence-corrected chi connectivity index (χ0v) is 16.8. The Balaban J connectivity index is 1.49. The molecule has 1 unspecified atom stereocenters. The maximum Gasteiger partial charge on any atom is 0.227 e. The van der Waals surface area contributed by atoms with Crippen molar-refractivity contribution in [3.8, 4) is 0 Å². The van der Waals surface area contributed by atoms with Gasteiger partial charge in [-0.15, -0.1) is 0 Å². The zero-order valence-electron chi connectivity index (χ0n) is 16.0. The van der Waals surface area contributed by atoms with Crippen LogP contribution < -0.4 is 4.72 Å². The van der Waals surface area contributed by atoms with Gasteiger partial charge in [0.05, 0.1) is 18.9 Å². The molecule has 2 heterocycles. The van der Waals surface area contributed by atoms with Crippen molar-refractivity contribution in [3.05, 3.63) is 35.1 Å². The molecule has 2 bridgehead atoms. The van der Waals surface area contributed by atoms with Gasteiger partial charge in [-0.1, -0.05) is 6.07 Å². The quantitative estimate of drug-likeness (QED) is 0.869. The summed E-state index contributed by atoms with van der Waals surface area (Å²) in [6.45, 7) is 5.32. The number of rotatable bonds is 4. The molecule has 1 N–H and O–H groups in total. The fourth-order valence-corrected chi connectivity index (χ4v) is 5.78. The van der Waals surface area contributed by atoms with Gasteiger partial charge in [-0.2, -0.15) is 0 Å². The number of carbonyl (C=O) groups is 1. The van der Waals surface area contributed by atoms with Crippen LogP contribution in [-0.4, -0.2) is 44.6 Å². The lowest BCUT2D eigenvalue weighted by atomic mass is 9.92. The van der Waals surface area contributed by atoms with Crippen molar-refractivity contribution in [1.29, 1.82) is 0 Å². The van der Waals surface area contributed by atoms with Gasteiger partial charge in [0.15, 0.2) is 0 Å². The van der Waals surface area contributed by atoms with Crippen molar-refractivity contribution >= 4 is 26.9 Å². The van der Waals surface area contributed by atoms with Crippen LogP contribution in [0.15, 0.2) is 22.8 Å². The number of benzene rings is 1. The highest BCUT2D eigenvalue weighted by Crippen LogP contribution is 2.37. The SMILES string of the molecule is Cc1cc(C)c2c(CC(=O)N3C[C@H]4CC[C@@H](C3)C4NS(C)(=O)=O)coc2c1. The van der Waals surface area contributed by atoms with E-state index >= 15 is 0 Å². The van der Waals surface area contributed by atoms with E-state index in [0.29, 0.717) is 19.5 Å². The topological polar surface area (TPSA) is 79.6 Å². The summed E-state index contributed by atoms with van der Waals surface area (Å²) < 4.78 is 31.7. The first kappa shape index (κ1) is 18.5. The van der Waals surface area contributed by atoms with Crippen molar-refractivity contribution in [2.75, 3.05) is 19.3 Å². The van der Waals surface area contributed by atoms with Crippen LogP contribution in [0.25, 0.3) is 11.0 Å². The zero-order chi connectivity index (χ0) is 19.3. The van der Waals surface area contributed by atoms with Gasteiger partial charge in [-0.3, -0.25) is 4.79 Å². The van der Waals surface area contributed by atoms with Crippen molar-refractivity contribution < 1.29 is 17.6 Å². The van der Waals surface area contributed by atoms with Gasteiger partial charge < -0.3 is 9.32 Å². The molecular weight excluding hydrogens is 364 g/mol. The van der Waals surface area contributed by atoms with Gasteiger partial charge in [-0.25, -0.2) is 13.1 Å². The molecule has 6 nitrogen and oxygen atoms in total. The van der Waals surface area contributed by atoms with Crippen LogP contribution >= 0.6 is 0 Å². The van der Waals surface area contributed by atoms with E-state index in [1.807, 2.05) is 24.8 Å². The van der Waals surface area contributed by atoms with Gasteiger partial charge >= 0.3 is 0 Å². The second-order valence-electron chi connectivity index (χ2n) is 8.20. The van der Waals surface area contributed by atoms with Crippen LogP contribution in [0.1, 0.15) is 29.5 Å². The highest BCUT2D eigenvalue weighted by atomic mass is 32.2. The van der Waals surface area contributed by atoms with Gasteiger partial charge in [0.2, 0.25) is 15.9 Å². The summed E-state index contributed by atoms with van der Waals surface area (Å²) in [6.07, 6.45) is 5.16. The molecule has 1 amide bonds. The van der Waals surface area contributed by atoms with Crippen LogP contribution in [-0.2, 0) is 21.2 Å². The Morgan fingerprint density at radius 3 is 2.52 bits per heavy atom. The Bertz CT molecular complexity index is 981. The van der Waals surface area contributed by atoms with Crippen LogP contribution in [0.2, 0.25) is 0 Å². The lowest BCUT2D eigenvalue weighted by Crippen LogP contribution is -2.53. The number of amides is 1. The van der Waals surface area contributed by atoms with Gasteiger partial charge in [0, 0.05) is 30.1 Å². The Morgan fingerprint density at radius 1 is 1.22 bits per heavy atom. The van der Waals surface area contributed by atoms with E-state index in [9.17, 15) is 13.2 Å². The number of nitrogens with one attached hydrogen (secondary N) is 1. The summed E-state index contributed by atoms with van der Waals surface area (Å²) in [6, 6.07) is 4.07. The van der Waals surface area contributed by atoms with Gasteiger partial charge in [-0.05, 0) is 55.7 Å². The summed E-state index contributed by atoms with van der Waals surface area (Å²) in [5, 5.41) is 1.03. The average molecular weight is 391 g/mol. The molecule has 0 spiro atoms. The van der Waals surface area contributed by atoms with Crippen LogP contribution in [0.3, 0.4) is 0 Å². The van der Waals surface area contributed by atoms with Crippen LogP contribution in [0.4, 0.5) is 0 Å². The maximum absolute atomic E-state index is 12.9. The highest BCUT2D eigenvalue weighted by molar-refractivity contribution is 7.88. The number of aryl methyl sites for hydroxylation is 2. The minimum absolute atomic E-state index is 0.0379. The Labute approximate surface area is 160 Å². The molecule has 1 aromatic heterocycles. The lowest BCUT2D eigenvalue weighted by molar-refractivity contribution is -0.132. The smallest absolute Gasteiger partial charge is 0.227 e. The second kappa shape index (κ2) is 6.63. The van der Waals surface area contributed by atoms with Crippen molar-refractivity contribution in [3.63, 3.8) is 0 Å². The summed E-state index contributed by atoms with van der Waals surface area (Å²) in [5.74, 6) is 0.494. The van der Waals surface area contributed by atoms with E-state index in [4.69, 9.17) is 4.42 Å². The number of hydrogen-bond acceptors (Lipinski definition) is 4. The van der Waals surface area contributed by atoms with Gasteiger partial charge in [0.1, 0.15) is 5.58 Å². The number of fused-ring (bicyclic) bond motifs is 3. The lowest BCUT2D eigenvalue weighted by Gasteiger charge is -2.38. The first-order chi connectivity index (χ1) is 12.7. The molecule has 2 aromatic rings. The molecule has 1 aromatic carbocycles. The van der Waals surface area contributed by atoms with E-state index < -0.39 is 10.0 Å². The normalized spacial score (nSPS) is 25.3. The van der Waals surface area contributed by atoms with E-state index in [-0.39, 0.29) is 23.8 Å². The fourth-order valence-electron chi connectivity index (χ4n) is 4.90. The molecule has 1 aliphatic heterocycles. The Morgan fingerprint density at radius 2 is 1.89 bits per heavy atom. The summed E-state index contributed by atoms with van der Waals surface area (Å²) in [7, 11) is -3.23. The third-order valence-electron chi connectivity index (χ3n) is 5.97. The number of hydrogen-bond donors (Lipinski definition) is 1. The van der Waals surface area contributed by atoms with Crippen molar-refractivity contribution in [2.24, 2.45) is 11.8 Å². The number of sulfonamides is 1. The molecule has 1 saturated heterocycles. The van der Waals surface area contributed by atoms with Crippen LogP contribution in [0.5, 0.6) is 0 Å². The minimum Gasteiger partial charge on any atom is -0.464 e. The maximum atomic E-state index is 12.9. The Hall–Kier alpha value is -1.86. The minimum atomic E-state index is -3.23. The van der Waals surface area contributed by atoms with E-state index in [1.54, 1.807) is 6.26 Å². The number of likely N-dealkylation sites (tertiary alicyclic amines) is 1. The van der Waals surface area contributed by atoms with Crippen LogP contribution in [0, 0.1) is 25.7 Å². The predicted octanol–water partition coefficient (Wildman–Crippen LogP) is 2.38. The summed E-state index contributed by atoms with van der Waals surface area (Å²) in [4.78, 5) is 14.9. The molecular formula is C20H26N2O4S. The molecule has 0 radical (unpaired) electrons. The van der Waals surface area contributed by atoms with Crippen molar-refractivity contribution in [1.82, 2.24) is 9.62 Å². The predicted molar refractivity (Wildman–Crippen MR) is 104 cm³/mol. The Kier molecular flexibility index (Phi) is 4.55. The number of nitrogens with zero attached hydrogens (tertiary/aromatic N) is 1. The summed E-state index contributed by atoms with van der Waals surface area (Å²) in [5.41, 5.74) is 4.02. The van der Waals surface area contributed by atoms with Gasteiger partial charge in [0.25, 0.3) is 0 Å². The molecule has 3 atom stereocenters. The number of furan rings is 1. The monoisotopic (exact) mass is 390 g/mol. The highest BCUT2D eigenvalue weighted by Gasteiger charge is 2.44. The molecule has 2 aliphatic rings. The third-order valence-corrected chi connectivity index (χ3v) is 6.67. The standard InChI is InChI=1S/C20H26N2O4S/c1-12-6-13(2)19-16(11-26-17(19)7-12)8-18(23)22-9-14-4-5-15(10-22)20(14)21-27(3,24)25/h6-7,11,14-15,20-21H,4-5,8-10H2,1-3H3/t14-,15+,20?. The van der Waals surface area contributed by atoms with E-state index in [1.165, 1.54) is 6.26 Å². The largest absolute Gasteiger partial charge is 0.464 e. The van der Waals surface area contributed by atoms with E-state index in [2.05, 4.69) is 10.8 Å². The number of piperidine rings is 1. The first-order valence-corrected chi connectivity index (χ1v) is 11.3. The van der Waals surface area contributed by atoms with Crippen molar-refractivity contribution in [2.45, 2.75) is 39.2 Å². The second-order valence-corrected chi connectivity index (χ2v) is 9.98. The molecule has 4 rings (SSSR count). The molecule has 27 heavy (non-hydrogen) atoms. The molecule has 1 saturated carbocycles. The first-order valence-electron chi connectivity index (χ1n) is 9.43. The molecule has 1 aliphatic carbocycles. The fraction of sp³-hybridized carbons (Fsp3) is 0.550. The molecule has 7 heteroatoms. The number of carbonyl (C=O) groups excluding carboxylic acids is 1. The third kappa shape index (κ3) is 3.62. The van der Waals surface area contributed by atoms with E-state index in [0.717, 1.165) is 40.5 Å². The molecule has 146 valence electrons. The average Bonchev–Trinajstić information content (AvgIpc) is 3.02.